The van der Waals surface area contributed by atoms with Crippen LogP contribution in [0.2, 0.25) is 0 Å². The molecule has 0 atom stereocenters. The average Bonchev–Trinajstić information content (AvgIpc) is 3.37. The second kappa shape index (κ2) is 8.05. The van der Waals surface area contributed by atoms with Crippen molar-refractivity contribution >= 4 is 34.4 Å². The van der Waals surface area contributed by atoms with E-state index in [0.717, 1.165) is 11.5 Å². The van der Waals surface area contributed by atoms with E-state index in [0.29, 0.717) is 0 Å². The fourth-order valence-corrected chi connectivity index (χ4v) is 5.53. The molecule has 0 aliphatic heterocycles. The number of hydrogen-bond acceptors (Lipinski definition) is 3. The van der Waals surface area contributed by atoms with Gasteiger partial charge in [-0.25, -0.2) is 0 Å². The van der Waals surface area contributed by atoms with Gasteiger partial charge in [0.25, 0.3) is 0 Å². The van der Waals surface area contributed by atoms with Gasteiger partial charge in [-0.1, -0.05) is 60.7 Å². The van der Waals surface area contributed by atoms with Crippen molar-refractivity contribution in [2.45, 2.75) is 11.5 Å². The topological polar surface area (TPSA) is 0 Å². The van der Waals surface area contributed by atoms with Gasteiger partial charge in [0.2, 0.25) is 0 Å². The first kappa shape index (κ1) is 16.6. The molecule has 0 nitrogen and oxygen atoms in total. The van der Waals surface area contributed by atoms with Gasteiger partial charge in [-0.15, -0.1) is 22.7 Å². The highest BCUT2D eigenvalue weighted by Crippen LogP contribution is 2.33. The third-order valence-corrected chi connectivity index (χ3v) is 6.96. The number of hydrogen-bond donors (Lipinski definition) is 0. The van der Waals surface area contributed by atoms with Crippen molar-refractivity contribution in [3.63, 3.8) is 0 Å². The summed E-state index contributed by atoms with van der Waals surface area (Å²) in [5.41, 5.74) is 5.58. The Kier molecular flexibility index (Phi) is 5.36. The van der Waals surface area contributed by atoms with Crippen LogP contribution in [-0.2, 0) is 11.5 Å². The minimum atomic E-state index is 1.03. The van der Waals surface area contributed by atoms with Crippen molar-refractivity contribution in [3.05, 3.63) is 94.7 Å². The van der Waals surface area contributed by atoms with Gasteiger partial charge in [-0.05, 0) is 45.1 Å². The zero-order valence-electron chi connectivity index (χ0n) is 13.7. The summed E-state index contributed by atoms with van der Waals surface area (Å²) < 4.78 is 0. The lowest BCUT2D eigenvalue weighted by molar-refractivity contribution is 1.37. The van der Waals surface area contributed by atoms with E-state index in [1.807, 2.05) is 34.4 Å². The smallest absolute Gasteiger partial charge is 0.0345 e. The summed E-state index contributed by atoms with van der Waals surface area (Å²) in [6.07, 6.45) is 0. The van der Waals surface area contributed by atoms with Gasteiger partial charge in [-0.2, -0.15) is 11.8 Å². The first-order valence-corrected chi connectivity index (χ1v) is 11.1. The maximum Gasteiger partial charge on any atom is 0.0345 e. The van der Waals surface area contributed by atoms with Crippen LogP contribution < -0.4 is 0 Å². The lowest BCUT2D eigenvalue weighted by Crippen LogP contribution is -1.89. The van der Waals surface area contributed by atoms with Gasteiger partial charge < -0.3 is 0 Å². The Hall–Kier alpha value is -1.81. The number of thiophene rings is 2. The summed E-state index contributed by atoms with van der Waals surface area (Å²) in [4.78, 5) is 2.71. The van der Waals surface area contributed by atoms with Crippen molar-refractivity contribution in [3.8, 4) is 20.9 Å². The fraction of sp³-hybridized carbons (Fsp3) is 0.0909. The normalized spacial score (nSPS) is 10.9. The molecular weight excluding hydrogens is 360 g/mol. The molecule has 2 aromatic heterocycles. The molecular formula is C22H18S3. The molecule has 0 fully saturated rings. The molecule has 3 heteroatoms. The molecule has 0 aliphatic rings. The van der Waals surface area contributed by atoms with Gasteiger partial charge in [0.15, 0.2) is 0 Å². The van der Waals surface area contributed by atoms with Crippen LogP contribution in [-0.4, -0.2) is 0 Å². The molecule has 0 saturated heterocycles. The molecule has 0 aliphatic carbocycles. The first-order chi connectivity index (χ1) is 12.4. The molecule has 0 N–H and O–H groups in total. The SMILES string of the molecule is c1csc(-c2ccccc2CSCc2ccccc2-c2cccs2)c1. The highest BCUT2D eigenvalue weighted by Gasteiger charge is 2.08. The van der Waals surface area contributed by atoms with Gasteiger partial charge >= 0.3 is 0 Å². The highest BCUT2D eigenvalue weighted by atomic mass is 32.2. The molecule has 0 spiro atoms. The predicted molar refractivity (Wildman–Crippen MR) is 115 cm³/mol. The van der Waals surface area contributed by atoms with Crippen LogP contribution in [0.3, 0.4) is 0 Å². The van der Waals surface area contributed by atoms with Crippen molar-refractivity contribution in [2.75, 3.05) is 0 Å². The zero-order valence-corrected chi connectivity index (χ0v) is 16.2. The largest absolute Gasteiger partial charge is 0.152 e. The van der Waals surface area contributed by atoms with Gasteiger partial charge in [0, 0.05) is 21.3 Å². The van der Waals surface area contributed by atoms with Crippen LogP contribution in [0.5, 0.6) is 0 Å². The standard InChI is InChI=1S/C22H18S3/c1-3-9-19(21-11-5-13-24-21)17(7-1)15-23-16-18-8-2-4-10-20(18)22-12-6-14-25-22/h1-14H,15-16H2. The van der Waals surface area contributed by atoms with Gasteiger partial charge in [-0.3, -0.25) is 0 Å². The molecule has 0 bridgehead atoms. The van der Waals surface area contributed by atoms with Crippen LogP contribution in [0.1, 0.15) is 11.1 Å². The van der Waals surface area contributed by atoms with Crippen LogP contribution in [0, 0.1) is 0 Å². The average molecular weight is 379 g/mol. The predicted octanol–water partition coefficient (Wildman–Crippen LogP) is 7.58. The Morgan fingerprint density at radius 1 is 0.560 bits per heavy atom. The summed E-state index contributed by atoms with van der Waals surface area (Å²) >= 11 is 5.62. The minimum absolute atomic E-state index is 1.03. The van der Waals surface area contributed by atoms with Crippen LogP contribution in [0.25, 0.3) is 20.9 Å². The van der Waals surface area contributed by atoms with E-state index >= 15 is 0 Å². The molecule has 0 saturated carbocycles. The van der Waals surface area contributed by atoms with E-state index in [2.05, 4.69) is 83.6 Å². The maximum atomic E-state index is 2.26. The third-order valence-electron chi connectivity index (χ3n) is 4.12. The van der Waals surface area contributed by atoms with Crippen molar-refractivity contribution in [2.24, 2.45) is 0 Å². The second-order valence-corrected chi connectivity index (χ2v) is 8.64. The molecule has 4 rings (SSSR count). The quantitative estimate of drug-likeness (QED) is 0.333. The van der Waals surface area contributed by atoms with E-state index in [1.54, 1.807) is 0 Å². The molecule has 0 unspecified atom stereocenters. The molecule has 124 valence electrons. The number of benzene rings is 2. The maximum absolute atomic E-state index is 2.26. The summed E-state index contributed by atoms with van der Waals surface area (Å²) in [5, 5.41) is 4.30. The second-order valence-electron chi connectivity index (χ2n) is 5.76. The van der Waals surface area contributed by atoms with Crippen molar-refractivity contribution in [1.29, 1.82) is 0 Å². The zero-order chi connectivity index (χ0) is 16.9. The molecule has 4 aromatic rings. The minimum Gasteiger partial charge on any atom is -0.152 e. The summed E-state index contributed by atoms with van der Waals surface area (Å²) in [6.45, 7) is 0. The van der Waals surface area contributed by atoms with Gasteiger partial charge in [0.1, 0.15) is 0 Å². The Morgan fingerprint density at radius 2 is 1.04 bits per heavy atom. The Morgan fingerprint density at radius 3 is 1.48 bits per heavy atom. The Labute approximate surface area is 161 Å². The van der Waals surface area contributed by atoms with Crippen molar-refractivity contribution in [1.82, 2.24) is 0 Å². The van der Waals surface area contributed by atoms with Gasteiger partial charge in [0.05, 0.1) is 0 Å². The summed E-state index contributed by atoms with van der Waals surface area (Å²) in [5.74, 6) is 2.07. The lowest BCUT2D eigenvalue weighted by Gasteiger charge is -2.10. The van der Waals surface area contributed by atoms with Crippen LogP contribution in [0.15, 0.2) is 83.6 Å². The molecule has 0 radical (unpaired) electrons. The van der Waals surface area contributed by atoms with E-state index < -0.39 is 0 Å². The van der Waals surface area contributed by atoms with E-state index in [9.17, 15) is 0 Å². The van der Waals surface area contributed by atoms with E-state index in [-0.39, 0.29) is 0 Å². The molecule has 0 amide bonds. The van der Waals surface area contributed by atoms with E-state index in [4.69, 9.17) is 0 Å². The fourth-order valence-electron chi connectivity index (χ4n) is 2.91. The number of thioether (sulfide) groups is 1. The highest BCUT2D eigenvalue weighted by molar-refractivity contribution is 7.97. The lowest BCUT2D eigenvalue weighted by atomic mass is 10.1. The Bertz CT molecular complexity index is 844. The number of rotatable bonds is 6. The monoisotopic (exact) mass is 378 g/mol. The Balaban J connectivity index is 1.50. The van der Waals surface area contributed by atoms with E-state index in [1.165, 1.54) is 32.0 Å². The molecule has 25 heavy (non-hydrogen) atoms. The summed E-state index contributed by atoms with van der Waals surface area (Å²) in [7, 11) is 0. The van der Waals surface area contributed by atoms with Crippen molar-refractivity contribution < 1.29 is 0 Å². The first-order valence-electron chi connectivity index (χ1n) is 8.23. The molecule has 2 aromatic carbocycles. The molecule has 2 heterocycles. The third kappa shape index (κ3) is 3.90. The van der Waals surface area contributed by atoms with Crippen LogP contribution in [0.4, 0.5) is 0 Å². The van der Waals surface area contributed by atoms with Crippen LogP contribution >= 0.6 is 34.4 Å². The summed E-state index contributed by atoms with van der Waals surface area (Å²) in [6, 6.07) is 26.2.